The summed E-state index contributed by atoms with van der Waals surface area (Å²) >= 11 is 0. The summed E-state index contributed by atoms with van der Waals surface area (Å²) in [7, 11) is 0. The van der Waals surface area contributed by atoms with Gasteiger partial charge in [0.2, 0.25) is 94.5 Å². The Balaban J connectivity index is 6.81. The van der Waals surface area contributed by atoms with Crippen molar-refractivity contribution in [2.45, 2.75) is 340 Å². The summed E-state index contributed by atoms with van der Waals surface area (Å²) in [5.41, 5.74) is 22.1. The summed E-state index contributed by atoms with van der Waals surface area (Å²) in [5.74, 6) is -22.5. The van der Waals surface area contributed by atoms with Crippen LogP contribution in [0.5, 0.6) is 0 Å². The Kier molecular flexibility index (Phi) is 59.3. The van der Waals surface area contributed by atoms with Gasteiger partial charge in [-0.25, -0.2) is 4.79 Å². The molecule has 0 aromatic rings. The van der Waals surface area contributed by atoms with E-state index in [1.165, 1.54) is 78.6 Å². The molecule has 0 aromatic carbocycles. The maximum atomic E-state index is 14.7. The number of aliphatic carboxylic acids is 4. The van der Waals surface area contributed by atoms with Gasteiger partial charge in [-0.2, -0.15) is 0 Å². The van der Waals surface area contributed by atoms with E-state index in [1.807, 2.05) is 10.6 Å². The van der Waals surface area contributed by atoms with E-state index in [9.17, 15) is 116 Å². The molecular weight excluding hydrogens is 1670 g/mol. The van der Waals surface area contributed by atoms with Crippen molar-refractivity contribution in [1.82, 2.24) is 79.8 Å². The fraction of sp³-hybridized carbons (Fsp3) is 0.744. The van der Waals surface area contributed by atoms with Crippen LogP contribution in [-0.4, -0.2) is 261 Å². The Morgan fingerprint density at radius 3 is 1.11 bits per heavy atom. The Hall–Kier alpha value is -11.4. The van der Waals surface area contributed by atoms with E-state index in [0.29, 0.717) is 25.8 Å². The smallest absolute Gasteiger partial charge is 0.326 e. The van der Waals surface area contributed by atoms with Crippen LogP contribution in [0.3, 0.4) is 0 Å². The number of carboxylic acids is 4. The minimum absolute atomic E-state index is 0.0134. The van der Waals surface area contributed by atoms with Crippen molar-refractivity contribution in [3.8, 4) is 0 Å². The molecule has 16 amide bonds. The SMILES string of the molecule is CCCCCCCCCCCCCCCC(=O)NCCCC[C@H](NC(=O)[C@H](C)NC(=O)[C@H](C)NC(=O)[C@H](CCCCNC(=O)[C@H](CC(=O)O)NC(=O)[C@H](CO)NC(=O)[C@H](CC(=O)O)NC(=O)CNC(=O)[C@@H](N)CCCN=C(N)N)NC(=O)[C@H](CC(C)C)NC(=O)[C@H](CC(C)C)NC(=O)[C@H](CC(C)C)NC(=O)[C@H](C)NC(=O)CCC(=O)N[C@H](CC(=O)O)C(=O)O)C(N)=O. The van der Waals surface area contributed by atoms with Crippen LogP contribution in [0.4, 0.5) is 0 Å². The number of aliphatic imine (C=N–C) groups is 1. The van der Waals surface area contributed by atoms with Crippen LogP contribution in [0.15, 0.2) is 4.99 Å². The van der Waals surface area contributed by atoms with Gasteiger partial charge < -0.3 is 128 Å². The van der Waals surface area contributed by atoms with Gasteiger partial charge in [0.15, 0.2) is 5.96 Å². The predicted molar refractivity (Wildman–Crippen MR) is 463 cm³/mol. The van der Waals surface area contributed by atoms with Gasteiger partial charge in [-0.1, -0.05) is 126 Å². The van der Waals surface area contributed by atoms with E-state index >= 15 is 0 Å². The number of nitrogens with zero attached hydrogens (tertiary/aromatic N) is 1. The van der Waals surface area contributed by atoms with Gasteiger partial charge in [0.1, 0.15) is 72.5 Å². The van der Waals surface area contributed by atoms with Crippen LogP contribution in [0, 0.1) is 17.8 Å². The van der Waals surface area contributed by atoms with E-state index in [2.05, 4.69) is 81.0 Å². The first-order valence-corrected chi connectivity index (χ1v) is 43.7. The van der Waals surface area contributed by atoms with Gasteiger partial charge in [0, 0.05) is 38.9 Å². The van der Waals surface area contributed by atoms with Gasteiger partial charge in [0.25, 0.3) is 0 Å². The molecule has 0 bridgehead atoms. The van der Waals surface area contributed by atoms with E-state index < -0.39 is 236 Å². The topological polar surface area (TPSA) is 739 Å². The molecular formula is C82H144N20O25. The molecule has 28 N–H and O–H groups in total. The van der Waals surface area contributed by atoms with Gasteiger partial charge >= 0.3 is 23.9 Å². The first kappa shape index (κ1) is 116. The molecule has 127 heavy (non-hydrogen) atoms. The molecule has 0 saturated carbocycles. The van der Waals surface area contributed by atoms with E-state index in [1.54, 1.807) is 41.5 Å². The lowest BCUT2D eigenvalue weighted by atomic mass is 9.98. The lowest BCUT2D eigenvalue weighted by Crippen LogP contribution is -2.60. The van der Waals surface area contributed by atoms with Crippen LogP contribution in [0.2, 0.25) is 0 Å². The zero-order valence-electron chi connectivity index (χ0n) is 75.1. The molecule has 0 radical (unpaired) electrons. The molecule has 0 aromatic heterocycles. The number of carbonyl (C=O) groups is 20. The molecule has 0 rings (SSSR count). The second kappa shape index (κ2) is 65.2. The molecule has 0 aliphatic heterocycles. The third kappa shape index (κ3) is 54.9. The van der Waals surface area contributed by atoms with E-state index in [4.69, 9.17) is 28.0 Å². The summed E-state index contributed by atoms with van der Waals surface area (Å²) in [5, 5.41) is 83.9. The second-order valence-electron chi connectivity index (χ2n) is 32.9. The normalized spacial score (nSPS) is 14.2. The number of carboxylic acid groups (broad SMARTS) is 4. The molecule has 0 aliphatic carbocycles. The molecule has 0 saturated heterocycles. The van der Waals surface area contributed by atoms with Crippen LogP contribution < -0.4 is 103 Å². The van der Waals surface area contributed by atoms with Gasteiger partial charge in [0.05, 0.1) is 38.5 Å². The third-order valence-electron chi connectivity index (χ3n) is 19.7. The lowest BCUT2D eigenvalue weighted by molar-refractivity contribution is -0.147. The maximum absolute atomic E-state index is 14.7. The van der Waals surface area contributed by atoms with Gasteiger partial charge in [-0.15, -0.1) is 0 Å². The Morgan fingerprint density at radius 2 is 0.661 bits per heavy atom. The number of nitrogens with two attached hydrogens (primary N) is 4. The minimum atomic E-state index is -2.01. The standard InChI is InChI=1S/C82H144N20O25/c1-11-12-13-14-15-16-17-18-19-20-21-22-23-32-62(104)87-35-26-24-30-53(69(84)114)96-72(117)51(10)92-70(115)50(9)93-75(120)54(31-25-27-36-88-74(119)58(41-66(108)109)101-80(125)61(45-103)102-79(124)59(42-67(110)111)94-65(107)44-90-73(118)52(83)29-28-37-89-82(85)86)97-76(121)56(39-47(4)5)99-78(123)57(40-48(6)7)100-77(122)55(38-46(2)3)98-71(116)49(8)91-63(105)33-34-64(106)95-60(81(126)127)43-68(112)113/h46-61,103H,11-45,83H2,1-10H3,(H2,84,114)(H,87,104)(H,88,119)(H,90,118)(H,91,105)(H,92,115)(H,93,120)(H,94,107)(H,95,106)(H,96,117)(H,97,121)(H,98,116)(H,99,123)(H,100,122)(H,101,125)(H,102,124)(H,108,109)(H,110,111)(H,112,113)(H,126,127)(H4,85,86,89)/t49-,50-,51-,52-,53-,54-,55-,56-,57-,58-,59-,60+,61-/m0/s1. The first-order valence-electron chi connectivity index (χ1n) is 43.7. The molecule has 0 spiro atoms. The molecule has 45 heteroatoms. The highest BCUT2D eigenvalue weighted by Crippen LogP contribution is 2.17. The number of carbonyl (C=O) groups excluding carboxylic acids is 16. The summed E-state index contributed by atoms with van der Waals surface area (Å²) in [4.78, 5) is 265. The van der Waals surface area contributed by atoms with E-state index in [0.717, 1.165) is 25.7 Å². The number of aliphatic hydroxyl groups is 1. The van der Waals surface area contributed by atoms with Crippen LogP contribution in [-0.2, 0) is 95.9 Å². The predicted octanol–water partition coefficient (Wildman–Crippen LogP) is -2.68. The number of hydrogen-bond acceptors (Lipinski definition) is 23. The molecule has 0 heterocycles. The number of aliphatic hydroxyl groups excluding tert-OH is 1. The maximum Gasteiger partial charge on any atom is 0.326 e. The quantitative estimate of drug-likeness (QED) is 0.0168. The highest BCUT2D eigenvalue weighted by Gasteiger charge is 2.37. The van der Waals surface area contributed by atoms with Crippen molar-refractivity contribution in [3.05, 3.63) is 0 Å². The van der Waals surface area contributed by atoms with E-state index in [-0.39, 0.29) is 100 Å². The Morgan fingerprint density at radius 1 is 0.307 bits per heavy atom. The number of hydrogen-bond donors (Lipinski definition) is 24. The number of unbranched alkanes of at least 4 members (excludes halogenated alkanes) is 14. The summed E-state index contributed by atoms with van der Waals surface area (Å²) in [6.45, 7) is 14.4. The van der Waals surface area contributed by atoms with Gasteiger partial charge in [-0.05, 0) is 116 Å². The van der Waals surface area contributed by atoms with Crippen LogP contribution in [0.1, 0.15) is 262 Å². The van der Waals surface area contributed by atoms with Crippen molar-refractivity contribution in [2.24, 2.45) is 45.7 Å². The lowest BCUT2D eigenvalue weighted by Gasteiger charge is -2.29. The molecule has 0 fully saturated rings. The summed E-state index contributed by atoms with van der Waals surface area (Å²) in [6, 6.07) is -20.0. The van der Waals surface area contributed by atoms with Crippen LogP contribution in [0.25, 0.3) is 0 Å². The van der Waals surface area contributed by atoms with Gasteiger partial charge in [-0.3, -0.25) is 96.1 Å². The Labute approximate surface area is 741 Å². The van der Waals surface area contributed by atoms with Crippen molar-refractivity contribution < 1.29 is 121 Å². The zero-order chi connectivity index (χ0) is 96.4. The summed E-state index contributed by atoms with van der Waals surface area (Å²) in [6.07, 6.45) is 12.0. The first-order chi connectivity index (χ1) is 59.7. The average molecular weight is 1810 g/mol. The molecule has 45 nitrogen and oxygen atoms in total. The highest BCUT2D eigenvalue weighted by atomic mass is 16.4. The summed E-state index contributed by atoms with van der Waals surface area (Å²) < 4.78 is 0. The van der Waals surface area contributed by atoms with Crippen molar-refractivity contribution >= 4 is 124 Å². The van der Waals surface area contributed by atoms with Crippen molar-refractivity contribution in [2.75, 3.05) is 32.8 Å². The number of amides is 16. The highest BCUT2D eigenvalue weighted by molar-refractivity contribution is 6.00. The van der Waals surface area contributed by atoms with Crippen LogP contribution >= 0.6 is 0 Å². The Bertz CT molecular complexity index is 3600. The largest absolute Gasteiger partial charge is 0.481 e. The number of guanidine groups is 1. The number of primary amides is 1. The minimum Gasteiger partial charge on any atom is -0.481 e. The average Bonchev–Trinajstić information content (AvgIpc) is 0.851. The number of nitrogens with one attached hydrogen (secondary N) is 15. The molecule has 722 valence electrons. The fourth-order valence-electron chi connectivity index (χ4n) is 12.7. The van der Waals surface area contributed by atoms with Crippen molar-refractivity contribution in [1.29, 1.82) is 0 Å². The second-order valence-corrected chi connectivity index (χ2v) is 32.9. The fourth-order valence-corrected chi connectivity index (χ4v) is 12.7. The molecule has 0 unspecified atom stereocenters. The molecule has 0 aliphatic rings. The third-order valence-corrected chi connectivity index (χ3v) is 19.7. The zero-order valence-corrected chi connectivity index (χ0v) is 75.1. The number of rotatable bonds is 71. The monoisotopic (exact) mass is 1810 g/mol. The van der Waals surface area contributed by atoms with Crippen molar-refractivity contribution in [3.63, 3.8) is 0 Å². The molecule has 13 atom stereocenters.